The first-order valence-electron chi connectivity index (χ1n) is 8.17. The van der Waals surface area contributed by atoms with Gasteiger partial charge in [0.15, 0.2) is 8.32 Å². The van der Waals surface area contributed by atoms with Gasteiger partial charge in [-0.2, -0.15) is 0 Å². The molecule has 1 aliphatic rings. The van der Waals surface area contributed by atoms with Crippen LogP contribution in [-0.2, 0) is 4.43 Å². The van der Waals surface area contributed by atoms with E-state index >= 15 is 0 Å². The lowest BCUT2D eigenvalue weighted by molar-refractivity contribution is 0.274. The minimum absolute atomic E-state index is 0.323. The highest BCUT2D eigenvalue weighted by molar-refractivity contribution is 6.74. The van der Waals surface area contributed by atoms with E-state index in [1.54, 1.807) is 0 Å². The fourth-order valence-electron chi connectivity index (χ4n) is 2.32. The molecular weight excluding hydrogens is 272 g/mol. The molecule has 0 saturated heterocycles. The van der Waals surface area contributed by atoms with Crippen LogP contribution in [0.2, 0.25) is 18.1 Å². The average molecular weight is 303 g/mol. The van der Waals surface area contributed by atoms with E-state index in [9.17, 15) is 0 Å². The lowest BCUT2D eigenvalue weighted by Crippen LogP contribution is -2.41. The maximum Gasteiger partial charge on any atom is 0.191 e. The van der Waals surface area contributed by atoms with E-state index in [0.717, 1.165) is 18.4 Å². The zero-order valence-electron chi connectivity index (χ0n) is 14.2. The van der Waals surface area contributed by atoms with E-state index in [0.29, 0.717) is 5.04 Å². The van der Waals surface area contributed by atoms with Crippen LogP contribution in [0.25, 0.3) is 6.08 Å². The van der Waals surface area contributed by atoms with Crippen molar-refractivity contribution in [3.8, 4) is 0 Å². The molecule has 1 aliphatic carbocycles. The molecule has 1 saturated carbocycles. The Balaban J connectivity index is 1.70. The minimum atomic E-state index is -1.56. The van der Waals surface area contributed by atoms with Crippen LogP contribution < -0.4 is 0 Å². The van der Waals surface area contributed by atoms with Gasteiger partial charge in [-0.3, -0.25) is 0 Å². The second kappa shape index (κ2) is 6.49. The molecule has 0 amide bonds. The fourth-order valence-corrected chi connectivity index (χ4v) is 3.38. The highest BCUT2D eigenvalue weighted by Crippen LogP contribution is 2.43. The van der Waals surface area contributed by atoms with E-state index in [1.807, 2.05) is 0 Å². The quantitative estimate of drug-likeness (QED) is 0.608. The van der Waals surface area contributed by atoms with Gasteiger partial charge < -0.3 is 4.43 Å². The monoisotopic (exact) mass is 302 g/mol. The first-order valence-corrected chi connectivity index (χ1v) is 11.1. The molecule has 0 N–H and O–H groups in total. The maximum absolute atomic E-state index is 6.27. The Labute approximate surface area is 131 Å². The first kappa shape index (κ1) is 16.5. The third-order valence-electron chi connectivity index (χ3n) is 5.07. The van der Waals surface area contributed by atoms with Crippen LogP contribution in [0, 0.1) is 11.8 Å². The molecule has 0 spiro atoms. The van der Waals surface area contributed by atoms with Gasteiger partial charge in [0.1, 0.15) is 0 Å². The summed E-state index contributed by atoms with van der Waals surface area (Å²) in [5, 5.41) is 0.323. The number of benzene rings is 1. The van der Waals surface area contributed by atoms with Crippen LogP contribution in [0.1, 0.15) is 39.2 Å². The van der Waals surface area contributed by atoms with Gasteiger partial charge in [0, 0.05) is 6.61 Å². The van der Waals surface area contributed by atoms with Gasteiger partial charge in [0.2, 0.25) is 0 Å². The standard InChI is InChI=1S/C19H30OSi/c1-19(2,3)21(4,5)20-14-13-18-15-17(18)12-11-16-9-7-6-8-10-16/h6-12,17-18H,13-15H2,1-5H3/b12-11+/t17-,18+/m0/s1. The van der Waals surface area contributed by atoms with Gasteiger partial charge in [-0.15, -0.1) is 0 Å². The van der Waals surface area contributed by atoms with E-state index in [2.05, 4.69) is 76.3 Å². The second-order valence-electron chi connectivity index (χ2n) is 7.83. The third-order valence-corrected chi connectivity index (χ3v) is 9.61. The Hall–Kier alpha value is -0.863. The molecule has 2 heteroatoms. The largest absolute Gasteiger partial charge is 0.417 e. The molecule has 21 heavy (non-hydrogen) atoms. The summed E-state index contributed by atoms with van der Waals surface area (Å²) in [6.07, 6.45) is 7.20. The summed E-state index contributed by atoms with van der Waals surface area (Å²) < 4.78 is 6.27. The van der Waals surface area contributed by atoms with Crippen molar-refractivity contribution in [2.24, 2.45) is 11.8 Å². The Kier molecular flexibility index (Phi) is 5.10. The Morgan fingerprint density at radius 2 is 1.86 bits per heavy atom. The van der Waals surface area contributed by atoms with Crippen molar-refractivity contribution >= 4 is 14.4 Å². The third kappa shape index (κ3) is 4.82. The lowest BCUT2D eigenvalue weighted by atomic mass is 10.2. The number of allylic oxidation sites excluding steroid dienone is 1. The van der Waals surface area contributed by atoms with Crippen LogP contribution in [0.4, 0.5) is 0 Å². The summed E-state index contributed by atoms with van der Waals surface area (Å²) in [6.45, 7) is 12.5. The average Bonchev–Trinajstić information content (AvgIpc) is 3.15. The first-order chi connectivity index (χ1) is 9.79. The van der Waals surface area contributed by atoms with E-state index in [-0.39, 0.29) is 0 Å². The van der Waals surface area contributed by atoms with Crippen molar-refractivity contribution in [3.05, 3.63) is 42.0 Å². The van der Waals surface area contributed by atoms with Crippen molar-refractivity contribution in [2.75, 3.05) is 6.61 Å². The Bertz CT molecular complexity index is 470. The molecule has 0 bridgehead atoms. The second-order valence-corrected chi connectivity index (χ2v) is 12.6. The smallest absolute Gasteiger partial charge is 0.191 e. The van der Waals surface area contributed by atoms with Crippen LogP contribution in [0.3, 0.4) is 0 Å². The summed E-state index contributed by atoms with van der Waals surface area (Å²) in [5.74, 6) is 1.61. The van der Waals surface area contributed by atoms with Gasteiger partial charge >= 0.3 is 0 Å². The molecule has 1 fully saturated rings. The predicted octanol–water partition coefficient (Wildman–Crippen LogP) is 5.75. The van der Waals surface area contributed by atoms with Gasteiger partial charge in [-0.25, -0.2) is 0 Å². The van der Waals surface area contributed by atoms with Crippen molar-refractivity contribution in [1.82, 2.24) is 0 Å². The van der Waals surface area contributed by atoms with Gasteiger partial charge in [-0.05, 0) is 48.4 Å². The summed E-state index contributed by atoms with van der Waals surface area (Å²) in [5.41, 5.74) is 1.31. The number of hydrogen-bond donors (Lipinski definition) is 0. The SMILES string of the molecule is CC(C)(C)[Si](C)(C)OCC[C@@H]1C[C@@H]1/C=C/c1ccccc1. The van der Waals surface area contributed by atoms with E-state index < -0.39 is 8.32 Å². The zero-order chi connectivity index (χ0) is 15.5. The molecule has 1 aromatic carbocycles. The molecule has 1 nitrogen and oxygen atoms in total. The van der Waals surface area contributed by atoms with E-state index in [4.69, 9.17) is 4.43 Å². The predicted molar refractivity (Wildman–Crippen MR) is 94.8 cm³/mol. The molecular formula is C19H30OSi. The van der Waals surface area contributed by atoms with Gasteiger partial charge in [0.05, 0.1) is 0 Å². The normalized spacial score (nSPS) is 22.7. The summed E-state index contributed by atoms with van der Waals surface area (Å²) in [6, 6.07) is 10.6. The molecule has 2 atom stereocenters. The summed E-state index contributed by atoms with van der Waals surface area (Å²) in [4.78, 5) is 0. The zero-order valence-corrected chi connectivity index (χ0v) is 15.2. The van der Waals surface area contributed by atoms with Gasteiger partial charge in [0.25, 0.3) is 0 Å². The van der Waals surface area contributed by atoms with Crippen molar-refractivity contribution in [2.45, 2.75) is 51.7 Å². The highest BCUT2D eigenvalue weighted by atomic mass is 28.4. The van der Waals surface area contributed by atoms with Gasteiger partial charge in [-0.1, -0.05) is 63.3 Å². The minimum Gasteiger partial charge on any atom is -0.417 e. The van der Waals surface area contributed by atoms with Crippen LogP contribution >= 0.6 is 0 Å². The maximum atomic E-state index is 6.27. The molecule has 116 valence electrons. The summed E-state index contributed by atoms with van der Waals surface area (Å²) in [7, 11) is -1.56. The fraction of sp³-hybridized carbons (Fsp3) is 0.579. The van der Waals surface area contributed by atoms with Crippen LogP contribution in [0.5, 0.6) is 0 Å². The van der Waals surface area contributed by atoms with E-state index in [1.165, 1.54) is 18.4 Å². The number of rotatable bonds is 6. The molecule has 0 unspecified atom stereocenters. The van der Waals surface area contributed by atoms with Crippen LogP contribution in [0.15, 0.2) is 36.4 Å². The van der Waals surface area contributed by atoms with Crippen molar-refractivity contribution in [3.63, 3.8) is 0 Å². The van der Waals surface area contributed by atoms with Crippen molar-refractivity contribution in [1.29, 1.82) is 0 Å². The molecule has 1 aromatic rings. The Morgan fingerprint density at radius 1 is 1.19 bits per heavy atom. The highest BCUT2D eigenvalue weighted by Gasteiger charge is 2.38. The summed E-state index contributed by atoms with van der Waals surface area (Å²) >= 11 is 0. The number of hydrogen-bond acceptors (Lipinski definition) is 1. The Morgan fingerprint density at radius 3 is 2.48 bits per heavy atom. The molecule has 0 radical (unpaired) electrons. The molecule has 0 heterocycles. The molecule has 0 aromatic heterocycles. The molecule has 0 aliphatic heterocycles. The molecule has 2 rings (SSSR count). The lowest BCUT2D eigenvalue weighted by Gasteiger charge is -2.36. The van der Waals surface area contributed by atoms with Crippen LogP contribution in [-0.4, -0.2) is 14.9 Å². The van der Waals surface area contributed by atoms with Crippen molar-refractivity contribution < 1.29 is 4.43 Å². The topological polar surface area (TPSA) is 9.23 Å².